The van der Waals surface area contributed by atoms with Gasteiger partial charge in [0.25, 0.3) is 5.56 Å². The molecular formula is C25H22N2O4S. The van der Waals surface area contributed by atoms with Crippen molar-refractivity contribution >= 4 is 29.5 Å². The third kappa shape index (κ3) is 3.94. The first-order valence-electron chi connectivity index (χ1n) is 10.0. The van der Waals surface area contributed by atoms with E-state index >= 15 is 0 Å². The predicted molar refractivity (Wildman–Crippen MR) is 125 cm³/mol. The van der Waals surface area contributed by atoms with Crippen LogP contribution >= 0.6 is 11.3 Å². The molecule has 0 radical (unpaired) electrons. The quantitative estimate of drug-likeness (QED) is 0.565. The van der Waals surface area contributed by atoms with E-state index in [2.05, 4.69) is 4.99 Å². The lowest BCUT2D eigenvalue weighted by Crippen LogP contribution is -2.39. The molecule has 1 aliphatic rings. The van der Waals surface area contributed by atoms with E-state index < -0.39 is 12.0 Å². The van der Waals surface area contributed by atoms with Gasteiger partial charge in [-0.25, -0.2) is 9.79 Å². The number of allylic oxidation sites excluding steroid dienone is 2. The molecule has 1 atom stereocenters. The number of thiazole rings is 1. The monoisotopic (exact) mass is 446 g/mol. The summed E-state index contributed by atoms with van der Waals surface area (Å²) in [6.07, 6.45) is 5.46. The zero-order chi connectivity index (χ0) is 22.7. The maximum absolute atomic E-state index is 13.4. The summed E-state index contributed by atoms with van der Waals surface area (Å²) in [5.41, 5.74) is 2.43. The molecule has 0 saturated carbocycles. The number of aromatic nitrogens is 1. The summed E-state index contributed by atoms with van der Waals surface area (Å²) >= 11 is 1.29. The van der Waals surface area contributed by atoms with E-state index in [1.54, 1.807) is 24.7 Å². The molecule has 0 N–H and O–H groups in total. The number of rotatable bonds is 5. The Morgan fingerprint density at radius 2 is 1.81 bits per heavy atom. The van der Waals surface area contributed by atoms with Gasteiger partial charge in [0.15, 0.2) is 4.80 Å². The van der Waals surface area contributed by atoms with Crippen molar-refractivity contribution in [2.45, 2.75) is 13.0 Å². The summed E-state index contributed by atoms with van der Waals surface area (Å²) in [6.45, 7) is 1.76. The van der Waals surface area contributed by atoms with Crippen molar-refractivity contribution in [3.63, 3.8) is 0 Å². The summed E-state index contributed by atoms with van der Waals surface area (Å²) in [4.78, 5) is 31.1. The van der Waals surface area contributed by atoms with Crippen LogP contribution in [0.4, 0.5) is 0 Å². The predicted octanol–water partition coefficient (Wildman–Crippen LogP) is 3.08. The normalized spacial score (nSPS) is 16.1. The lowest BCUT2D eigenvalue weighted by atomic mass is 9.96. The van der Waals surface area contributed by atoms with Gasteiger partial charge in [-0.1, -0.05) is 72.0 Å². The van der Waals surface area contributed by atoms with Crippen molar-refractivity contribution in [2.24, 2.45) is 4.99 Å². The van der Waals surface area contributed by atoms with Crippen LogP contribution in [-0.2, 0) is 9.53 Å². The number of hydrogen-bond donors (Lipinski definition) is 0. The van der Waals surface area contributed by atoms with Gasteiger partial charge in [-0.15, -0.1) is 0 Å². The minimum Gasteiger partial charge on any atom is -0.496 e. The van der Waals surface area contributed by atoms with Crippen molar-refractivity contribution in [3.05, 3.63) is 103 Å². The van der Waals surface area contributed by atoms with E-state index in [9.17, 15) is 9.59 Å². The lowest BCUT2D eigenvalue weighted by molar-refractivity contribution is -0.136. The molecule has 0 aliphatic carbocycles. The maximum atomic E-state index is 13.4. The number of fused-ring (bicyclic) bond motifs is 1. The van der Waals surface area contributed by atoms with Gasteiger partial charge in [0.2, 0.25) is 0 Å². The van der Waals surface area contributed by atoms with Gasteiger partial charge < -0.3 is 9.47 Å². The summed E-state index contributed by atoms with van der Waals surface area (Å²) in [6, 6.07) is 16.5. The number of carbonyl (C=O) groups is 1. The molecule has 0 amide bonds. The highest BCUT2D eigenvalue weighted by atomic mass is 32.1. The molecule has 0 bridgehead atoms. The number of nitrogens with zero attached hydrogens (tertiary/aromatic N) is 2. The van der Waals surface area contributed by atoms with E-state index in [1.807, 2.05) is 66.7 Å². The third-order valence-electron chi connectivity index (χ3n) is 5.20. The Morgan fingerprint density at radius 3 is 2.53 bits per heavy atom. The van der Waals surface area contributed by atoms with Gasteiger partial charge in [-0.3, -0.25) is 9.36 Å². The summed E-state index contributed by atoms with van der Waals surface area (Å²) in [5, 5.41) is 0. The molecule has 1 aromatic heterocycles. The van der Waals surface area contributed by atoms with Gasteiger partial charge in [-0.05, 0) is 24.6 Å². The first kappa shape index (κ1) is 21.5. The average Bonchev–Trinajstić information content (AvgIpc) is 3.13. The second-order valence-electron chi connectivity index (χ2n) is 7.11. The van der Waals surface area contributed by atoms with Crippen LogP contribution in [0.2, 0.25) is 0 Å². The van der Waals surface area contributed by atoms with Crippen molar-refractivity contribution in [1.29, 1.82) is 0 Å². The molecule has 7 heteroatoms. The number of esters is 1. The first-order chi connectivity index (χ1) is 15.5. The summed E-state index contributed by atoms with van der Waals surface area (Å²) in [7, 11) is 2.95. The summed E-state index contributed by atoms with van der Waals surface area (Å²) in [5.74, 6) is 0.256. The molecule has 0 spiro atoms. The van der Waals surface area contributed by atoms with Crippen LogP contribution in [0.25, 0.3) is 12.2 Å². The Kier molecular flexibility index (Phi) is 6.18. The number of methoxy groups -OCH3 is 2. The fourth-order valence-electron chi connectivity index (χ4n) is 3.70. The first-order valence-corrected chi connectivity index (χ1v) is 10.8. The van der Waals surface area contributed by atoms with E-state index in [0.29, 0.717) is 20.6 Å². The Bertz CT molecular complexity index is 1400. The minimum atomic E-state index is -0.597. The smallest absolute Gasteiger partial charge is 0.338 e. The van der Waals surface area contributed by atoms with Gasteiger partial charge in [0.1, 0.15) is 5.75 Å². The number of hydrogen-bond acceptors (Lipinski definition) is 6. The van der Waals surface area contributed by atoms with E-state index in [0.717, 1.165) is 16.9 Å². The molecule has 0 saturated heterocycles. The lowest BCUT2D eigenvalue weighted by Gasteiger charge is -2.24. The zero-order valence-corrected chi connectivity index (χ0v) is 18.8. The second kappa shape index (κ2) is 9.20. The molecular weight excluding hydrogens is 424 g/mol. The van der Waals surface area contributed by atoms with Crippen LogP contribution < -0.4 is 19.6 Å². The van der Waals surface area contributed by atoms with Crippen LogP contribution in [0.3, 0.4) is 0 Å². The molecule has 32 heavy (non-hydrogen) atoms. The number of benzene rings is 2. The van der Waals surface area contributed by atoms with Crippen molar-refractivity contribution < 1.29 is 14.3 Å². The highest BCUT2D eigenvalue weighted by molar-refractivity contribution is 7.07. The standard InChI is InChI=1S/C25H22N2O4S/c1-16-21(24(29)31-3)22(18-11-5-4-6-12-18)27-23(28)20(32-25(27)26-16)15-9-13-17-10-7-8-14-19(17)30-2/h4-15,22H,1-3H3/b13-9+,20-15-/t22-/m1/s1. The topological polar surface area (TPSA) is 69.9 Å². The molecule has 0 unspecified atom stereocenters. The molecule has 6 nitrogen and oxygen atoms in total. The van der Waals surface area contributed by atoms with E-state index in [1.165, 1.54) is 18.4 Å². The van der Waals surface area contributed by atoms with Gasteiger partial charge in [0, 0.05) is 5.56 Å². The SMILES string of the molecule is COC(=O)C1=C(C)N=c2s/c(=C\C=C\c3ccccc3OC)c(=O)n2[C@@H]1c1ccccc1. The van der Waals surface area contributed by atoms with E-state index in [4.69, 9.17) is 9.47 Å². The second-order valence-corrected chi connectivity index (χ2v) is 8.12. The van der Waals surface area contributed by atoms with E-state index in [-0.39, 0.29) is 5.56 Å². The maximum Gasteiger partial charge on any atom is 0.338 e. The van der Waals surface area contributed by atoms with Crippen molar-refractivity contribution in [2.75, 3.05) is 14.2 Å². The fraction of sp³-hybridized carbons (Fsp3) is 0.160. The average molecular weight is 447 g/mol. The molecule has 2 aromatic carbocycles. The third-order valence-corrected chi connectivity index (χ3v) is 6.21. The zero-order valence-electron chi connectivity index (χ0n) is 17.9. The number of ether oxygens (including phenoxy) is 2. The van der Waals surface area contributed by atoms with Crippen LogP contribution in [0.5, 0.6) is 5.75 Å². The highest BCUT2D eigenvalue weighted by Crippen LogP contribution is 2.30. The summed E-state index contributed by atoms with van der Waals surface area (Å²) < 4.78 is 12.5. The highest BCUT2D eigenvalue weighted by Gasteiger charge is 2.32. The van der Waals surface area contributed by atoms with Gasteiger partial charge in [-0.2, -0.15) is 0 Å². The molecule has 1 aliphatic heterocycles. The molecule has 3 aromatic rings. The molecule has 0 fully saturated rings. The van der Waals surface area contributed by atoms with Gasteiger partial charge >= 0.3 is 5.97 Å². The van der Waals surface area contributed by atoms with Crippen LogP contribution in [-0.4, -0.2) is 24.8 Å². The van der Waals surface area contributed by atoms with Gasteiger partial charge in [0.05, 0.1) is 36.1 Å². The Hall–Kier alpha value is -3.71. The Labute approximate surface area is 189 Å². The number of para-hydroxylation sites is 1. The van der Waals surface area contributed by atoms with Crippen molar-refractivity contribution in [1.82, 2.24) is 4.57 Å². The molecule has 162 valence electrons. The Morgan fingerprint density at radius 1 is 1.09 bits per heavy atom. The van der Waals surface area contributed by atoms with Crippen LogP contribution in [0.1, 0.15) is 24.1 Å². The largest absolute Gasteiger partial charge is 0.496 e. The molecule has 2 heterocycles. The number of carbonyl (C=O) groups excluding carboxylic acids is 1. The van der Waals surface area contributed by atoms with Crippen molar-refractivity contribution in [3.8, 4) is 5.75 Å². The van der Waals surface area contributed by atoms with Crippen LogP contribution in [0, 0.1) is 0 Å². The Balaban J connectivity index is 1.85. The van der Waals surface area contributed by atoms with Crippen LogP contribution in [0.15, 0.2) is 81.7 Å². The molecule has 4 rings (SSSR count). The minimum absolute atomic E-state index is 0.207. The fourth-order valence-corrected chi connectivity index (χ4v) is 4.70.